The molecule has 3 rings (SSSR count). The molecule has 23 heavy (non-hydrogen) atoms. The van der Waals surface area contributed by atoms with Gasteiger partial charge in [0.05, 0.1) is 6.04 Å². The Hall–Kier alpha value is -1.99. The van der Waals surface area contributed by atoms with Crippen LogP contribution in [0, 0.1) is 6.92 Å². The maximum Gasteiger partial charge on any atom is 0.246 e. The van der Waals surface area contributed by atoms with Gasteiger partial charge in [0.15, 0.2) is 5.82 Å². The van der Waals surface area contributed by atoms with Crippen LogP contribution in [-0.4, -0.2) is 52.0 Å². The maximum atomic E-state index is 12.2. The summed E-state index contributed by atoms with van der Waals surface area (Å²) in [6, 6.07) is 4.06. The normalized spacial score (nSPS) is 17.7. The quantitative estimate of drug-likeness (QED) is 0.804. The minimum Gasteiger partial charge on any atom is -0.338 e. The van der Waals surface area contributed by atoms with E-state index in [1.807, 2.05) is 35.4 Å². The maximum absolute atomic E-state index is 12.2. The van der Waals surface area contributed by atoms with Crippen LogP contribution in [0.5, 0.6) is 0 Å². The van der Waals surface area contributed by atoms with Crippen molar-refractivity contribution in [2.24, 2.45) is 0 Å². The van der Waals surface area contributed by atoms with Crippen molar-refractivity contribution in [3.63, 3.8) is 0 Å². The number of carbonyl (C=O) groups is 1. The molecule has 1 unspecified atom stereocenters. The summed E-state index contributed by atoms with van der Waals surface area (Å²) in [7, 11) is 0. The fraction of sp³-hybridized carbons (Fsp3) is 0.438. The second kappa shape index (κ2) is 7.06. The third-order valence-corrected chi connectivity index (χ3v) is 4.85. The summed E-state index contributed by atoms with van der Waals surface area (Å²) in [5, 5.41) is 5.84. The van der Waals surface area contributed by atoms with Crippen molar-refractivity contribution >= 4 is 23.3 Å². The summed E-state index contributed by atoms with van der Waals surface area (Å²) >= 11 is 1.63. The van der Waals surface area contributed by atoms with Crippen LogP contribution < -0.4 is 0 Å². The number of thiophene rings is 1. The molecule has 2 aromatic heterocycles. The molecular weight excluding hydrogens is 312 g/mol. The van der Waals surface area contributed by atoms with Crippen LogP contribution in [0.3, 0.4) is 0 Å². The molecule has 122 valence electrons. The first-order valence-electron chi connectivity index (χ1n) is 7.68. The van der Waals surface area contributed by atoms with E-state index in [1.165, 1.54) is 0 Å². The van der Waals surface area contributed by atoms with Crippen molar-refractivity contribution in [2.45, 2.75) is 19.9 Å². The number of rotatable bonds is 4. The smallest absolute Gasteiger partial charge is 0.246 e. The average molecular weight is 332 g/mol. The summed E-state index contributed by atoms with van der Waals surface area (Å²) in [4.78, 5) is 21.8. The lowest BCUT2D eigenvalue weighted by atomic mass is 10.2. The summed E-state index contributed by atoms with van der Waals surface area (Å²) < 4.78 is 5.24. The van der Waals surface area contributed by atoms with Gasteiger partial charge >= 0.3 is 0 Å². The van der Waals surface area contributed by atoms with Gasteiger partial charge in [-0.25, -0.2) is 0 Å². The van der Waals surface area contributed by atoms with Crippen molar-refractivity contribution in [2.75, 3.05) is 26.2 Å². The molecule has 1 aliphatic rings. The second-order valence-corrected chi connectivity index (χ2v) is 6.55. The Morgan fingerprint density at radius 1 is 1.39 bits per heavy atom. The van der Waals surface area contributed by atoms with E-state index in [-0.39, 0.29) is 11.9 Å². The summed E-state index contributed by atoms with van der Waals surface area (Å²) in [5.74, 6) is 1.36. The lowest BCUT2D eigenvalue weighted by Crippen LogP contribution is -2.48. The van der Waals surface area contributed by atoms with Gasteiger partial charge in [-0.15, -0.1) is 11.3 Å². The molecule has 7 heteroatoms. The van der Waals surface area contributed by atoms with Crippen molar-refractivity contribution < 1.29 is 9.32 Å². The van der Waals surface area contributed by atoms with Gasteiger partial charge in [-0.05, 0) is 31.4 Å². The van der Waals surface area contributed by atoms with Gasteiger partial charge in [0, 0.05) is 37.1 Å². The van der Waals surface area contributed by atoms with Gasteiger partial charge in [0.2, 0.25) is 11.8 Å². The van der Waals surface area contributed by atoms with Crippen LogP contribution in [0.25, 0.3) is 6.08 Å². The number of nitrogens with zero attached hydrogens (tertiary/aromatic N) is 4. The van der Waals surface area contributed by atoms with Gasteiger partial charge in [-0.3, -0.25) is 9.69 Å². The first kappa shape index (κ1) is 15.9. The number of aromatic nitrogens is 2. The molecule has 1 amide bonds. The van der Waals surface area contributed by atoms with Crippen LogP contribution >= 0.6 is 11.3 Å². The first-order valence-corrected chi connectivity index (χ1v) is 8.56. The number of carbonyl (C=O) groups excluding carboxylic acids is 1. The minimum atomic E-state index is 0.0688. The van der Waals surface area contributed by atoms with Gasteiger partial charge in [-0.2, -0.15) is 4.98 Å². The van der Waals surface area contributed by atoms with Gasteiger partial charge < -0.3 is 9.42 Å². The number of hydrogen-bond donors (Lipinski definition) is 0. The Kier molecular flexibility index (Phi) is 4.88. The van der Waals surface area contributed by atoms with E-state index >= 15 is 0 Å². The highest BCUT2D eigenvalue weighted by Gasteiger charge is 2.26. The molecule has 1 aliphatic heterocycles. The Labute approximate surface area is 139 Å². The first-order chi connectivity index (χ1) is 11.1. The highest BCUT2D eigenvalue weighted by atomic mass is 32.1. The van der Waals surface area contributed by atoms with Gasteiger partial charge in [0.25, 0.3) is 0 Å². The molecule has 1 saturated heterocycles. The Morgan fingerprint density at radius 3 is 2.78 bits per heavy atom. The molecule has 0 aliphatic carbocycles. The molecule has 0 bridgehead atoms. The van der Waals surface area contributed by atoms with E-state index < -0.39 is 0 Å². The third-order valence-electron chi connectivity index (χ3n) is 4.01. The molecular formula is C16H20N4O2S. The summed E-state index contributed by atoms with van der Waals surface area (Å²) in [5.41, 5.74) is 0. The van der Waals surface area contributed by atoms with E-state index in [4.69, 9.17) is 4.52 Å². The van der Waals surface area contributed by atoms with Crippen LogP contribution in [0.15, 0.2) is 28.1 Å². The lowest BCUT2D eigenvalue weighted by molar-refractivity contribution is -0.128. The lowest BCUT2D eigenvalue weighted by Gasteiger charge is -2.36. The molecule has 0 aromatic carbocycles. The number of piperazine rings is 1. The monoisotopic (exact) mass is 332 g/mol. The molecule has 0 radical (unpaired) electrons. The topological polar surface area (TPSA) is 62.5 Å². The molecule has 3 heterocycles. The van der Waals surface area contributed by atoms with Crippen LogP contribution in [0.1, 0.15) is 29.6 Å². The van der Waals surface area contributed by atoms with Gasteiger partial charge in [0.1, 0.15) is 0 Å². The largest absolute Gasteiger partial charge is 0.338 e. The van der Waals surface area contributed by atoms with Crippen molar-refractivity contribution in [3.8, 4) is 0 Å². The zero-order chi connectivity index (χ0) is 16.2. The predicted molar refractivity (Wildman–Crippen MR) is 89.0 cm³/mol. The highest BCUT2D eigenvalue weighted by molar-refractivity contribution is 7.10. The Morgan fingerprint density at radius 2 is 2.17 bits per heavy atom. The Bertz CT molecular complexity index is 672. The van der Waals surface area contributed by atoms with Crippen LogP contribution in [-0.2, 0) is 4.79 Å². The number of hydrogen-bond acceptors (Lipinski definition) is 6. The fourth-order valence-electron chi connectivity index (χ4n) is 2.61. The van der Waals surface area contributed by atoms with Crippen molar-refractivity contribution in [1.82, 2.24) is 19.9 Å². The van der Waals surface area contributed by atoms with E-state index in [9.17, 15) is 4.79 Å². The van der Waals surface area contributed by atoms with Crippen molar-refractivity contribution in [3.05, 3.63) is 40.2 Å². The summed E-state index contributed by atoms with van der Waals surface area (Å²) in [6.07, 6.45) is 3.54. The zero-order valence-electron chi connectivity index (χ0n) is 13.3. The minimum absolute atomic E-state index is 0.0688. The molecule has 0 N–H and O–H groups in total. The molecule has 0 saturated carbocycles. The molecule has 1 fully saturated rings. The van der Waals surface area contributed by atoms with E-state index in [0.29, 0.717) is 24.8 Å². The number of aryl methyl sites for hydroxylation is 1. The highest BCUT2D eigenvalue weighted by Crippen LogP contribution is 2.20. The molecule has 6 nitrogen and oxygen atoms in total. The predicted octanol–water partition coefficient (Wildman–Crippen LogP) is 2.36. The van der Waals surface area contributed by atoms with E-state index in [0.717, 1.165) is 18.0 Å². The van der Waals surface area contributed by atoms with Crippen LogP contribution in [0.2, 0.25) is 0 Å². The molecule has 2 aromatic rings. The molecule has 1 atom stereocenters. The average Bonchev–Trinajstić information content (AvgIpc) is 3.23. The second-order valence-electron chi connectivity index (χ2n) is 5.57. The number of amides is 1. The summed E-state index contributed by atoms with van der Waals surface area (Å²) in [6.45, 7) is 6.91. The standard InChI is InChI=1S/C16H20N4O2S/c1-12(16-17-13(2)18-22-16)19-7-9-20(10-8-19)15(21)6-5-14-4-3-11-23-14/h3-6,11-12H,7-10H2,1-2H3/b6-5+. The fourth-order valence-corrected chi connectivity index (χ4v) is 3.23. The SMILES string of the molecule is Cc1noc(C(C)N2CCN(C(=O)/C=C/c3cccs3)CC2)n1. The van der Waals surface area contributed by atoms with Crippen molar-refractivity contribution in [1.29, 1.82) is 0 Å². The van der Waals surface area contributed by atoms with Gasteiger partial charge in [-0.1, -0.05) is 11.2 Å². The Balaban J connectivity index is 1.52. The zero-order valence-corrected chi connectivity index (χ0v) is 14.1. The molecule has 0 spiro atoms. The van der Waals surface area contributed by atoms with E-state index in [1.54, 1.807) is 17.4 Å². The third kappa shape index (κ3) is 3.86. The van der Waals surface area contributed by atoms with Crippen LogP contribution in [0.4, 0.5) is 0 Å². The van der Waals surface area contributed by atoms with E-state index in [2.05, 4.69) is 22.0 Å².